The second kappa shape index (κ2) is 5.76. The van der Waals surface area contributed by atoms with Gasteiger partial charge in [-0.15, -0.1) is 0 Å². The Balaban J connectivity index is 2.05. The maximum atomic E-state index is 12.3. The van der Waals surface area contributed by atoms with Crippen LogP contribution < -0.4 is 0 Å². The van der Waals surface area contributed by atoms with Gasteiger partial charge in [0.15, 0.2) is 0 Å². The molecule has 2 rings (SSSR count). The predicted molar refractivity (Wildman–Crippen MR) is 79.3 cm³/mol. The van der Waals surface area contributed by atoms with Crippen LogP contribution in [-0.4, -0.2) is 41.6 Å². The van der Waals surface area contributed by atoms with Gasteiger partial charge in [0, 0.05) is 12.5 Å². The first kappa shape index (κ1) is 15.4. The Bertz CT molecular complexity index is 522. The molecule has 0 bridgehead atoms. The van der Waals surface area contributed by atoms with E-state index in [9.17, 15) is 9.59 Å². The van der Waals surface area contributed by atoms with Crippen molar-refractivity contribution in [3.8, 4) is 0 Å². The van der Waals surface area contributed by atoms with Crippen LogP contribution >= 0.6 is 0 Å². The third-order valence-electron chi connectivity index (χ3n) is 3.58. The molecule has 0 N–H and O–H groups in total. The van der Waals surface area contributed by atoms with E-state index in [0.717, 1.165) is 5.56 Å². The number of benzene rings is 1. The predicted octanol–water partition coefficient (Wildman–Crippen LogP) is 2.47. The smallest absolute Gasteiger partial charge is 0.412 e. The summed E-state index contributed by atoms with van der Waals surface area (Å²) in [7, 11) is 1.72. The minimum Gasteiger partial charge on any atom is -0.444 e. The number of carbonyl (C=O) groups is 2. The molecule has 0 aromatic heterocycles. The van der Waals surface area contributed by atoms with E-state index in [0.29, 0.717) is 0 Å². The molecular weight excluding hydrogens is 268 g/mol. The first-order chi connectivity index (χ1) is 9.80. The van der Waals surface area contributed by atoms with Gasteiger partial charge in [-0.25, -0.2) is 4.79 Å². The molecule has 1 atom stereocenters. The van der Waals surface area contributed by atoms with E-state index in [1.807, 2.05) is 51.1 Å². The molecule has 0 aliphatic carbocycles. The van der Waals surface area contributed by atoms with Gasteiger partial charge in [0.05, 0.1) is 0 Å². The van der Waals surface area contributed by atoms with Crippen LogP contribution in [0.2, 0.25) is 0 Å². The molecule has 1 aliphatic rings. The molecule has 0 unspecified atom stereocenters. The third-order valence-corrected chi connectivity index (χ3v) is 3.58. The molecule has 114 valence electrons. The normalized spacial score (nSPS) is 19.0. The summed E-state index contributed by atoms with van der Waals surface area (Å²) < 4.78 is 5.34. The van der Waals surface area contributed by atoms with Gasteiger partial charge >= 0.3 is 6.09 Å². The summed E-state index contributed by atoms with van der Waals surface area (Å²) in [5, 5.41) is 0. The monoisotopic (exact) mass is 290 g/mol. The molecule has 1 aliphatic heterocycles. The number of hydrogen-bond acceptors (Lipinski definition) is 3. The second-order valence-corrected chi connectivity index (χ2v) is 6.41. The molecule has 0 saturated carbocycles. The number of ether oxygens (including phenoxy) is 1. The standard InChI is InChI=1S/C16H22N2O3/c1-16(2,3)14-17(4)13(19)10-18(14)15(20)21-11-12-8-6-5-7-9-12/h5-9,14H,10-11H2,1-4H3/t14-/m1/s1. The SMILES string of the molecule is CN1C(=O)CN(C(=O)OCc2ccccc2)[C@@H]1C(C)(C)C. The largest absolute Gasteiger partial charge is 0.444 e. The molecule has 0 spiro atoms. The highest BCUT2D eigenvalue weighted by molar-refractivity contribution is 5.86. The fourth-order valence-corrected chi connectivity index (χ4v) is 2.70. The molecule has 0 radical (unpaired) electrons. The third kappa shape index (κ3) is 3.35. The lowest BCUT2D eigenvalue weighted by atomic mass is 9.91. The minimum absolute atomic E-state index is 0.0633. The number of amides is 2. The van der Waals surface area contributed by atoms with Crippen LogP contribution in [0.15, 0.2) is 30.3 Å². The van der Waals surface area contributed by atoms with Crippen molar-refractivity contribution in [2.24, 2.45) is 5.41 Å². The second-order valence-electron chi connectivity index (χ2n) is 6.41. The summed E-state index contributed by atoms with van der Waals surface area (Å²) in [4.78, 5) is 27.3. The Kier molecular flexibility index (Phi) is 4.21. The van der Waals surface area contributed by atoms with Crippen molar-refractivity contribution in [2.45, 2.75) is 33.5 Å². The van der Waals surface area contributed by atoms with Crippen LogP contribution in [0.3, 0.4) is 0 Å². The Hall–Kier alpha value is -2.04. The van der Waals surface area contributed by atoms with Gasteiger partial charge in [0.1, 0.15) is 19.3 Å². The molecule has 1 fully saturated rings. The zero-order chi connectivity index (χ0) is 15.6. The lowest BCUT2D eigenvalue weighted by Crippen LogP contribution is -2.49. The van der Waals surface area contributed by atoms with Gasteiger partial charge in [-0.1, -0.05) is 51.1 Å². The molecule has 5 heteroatoms. The molecular formula is C16H22N2O3. The summed E-state index contributed by atoms with van der Waals surface area (Å²) in [5.74, 6) is -0.0633. The van der Waals surface area contributed by atoms with Gasteiger partial charge in [0.2, 0.25) is 5.91 Å². The fourth-order valence-electron chi connectivity index (χ4n) is 2.70. The molecule has 1 aromatic carbocycles. The van der Waals surface area contributed by atoms with Crippen molar-refractivity contribution in [1.29, 1.82) is 0 Å². The fraction of sp³-hybridized carbons (Fsp3) is 0.500. The molecule has 5 nitrogen and oxygen atoms in total. The Morgan fingerprint density at radius 2 is 1.90 bits per heavy atom. The summed E-state index contributed by atoms with van der Waals surface area (Å²) in [5.41, 5.74) is 0.698. The van der Waals surface area contributed by atoms with E-state index in [1.54, 1.807) is 11.9 Å². The van der Waals surface area contributed by atoms with E-state index in [2.05, 4.69) is 0 Å². The highest BCUT2D eigenvalue weighted by atomic mass is 16.6. The van der Waals surface area contributed by atoms with E-state index in [1.165, 1.54) is 4.90 Å². The maximum Gasteiger partial charge on any atom is 0.412 e. The first-order valence-corrected chi connectivity index (χ1v) is 7.03. The summed E-state index contributed by atoms with van der Waals surface area (Å²) in [6, 6.07) is 9.50. The minimum atomic E-state index is -0.448. The Morgan fingerprint density at radius 1 is 1.29 bits per heavy atom. The van der Waals surface area contributed by atoms with E-state index < -0.39 is 6.09 Å². The van der Waals surface area contributed by atoms with Crippen molar-refractivity contribution >= 4 is 12.0 Å². The molecule has 21 heavy (non-hydrogen) atoms. The van der Waals surface area contributed by atoms with Crippen LogP contribution in [0, 0.1) is 5.41 Å². The van der Waals surface area contributed by atoms with E-state index in [-0.39, 0.29) is 30.6 Å². The number of carbonyl (C=O) groups excluding carboxylic acids is 2. The van der Waals surface area contributed by atoms with Gasteiger partial charge in [-0.05, 0) is 5.56 Å². The lowest BCUT2D eigenvalue weighted by molar-refractivity contribution is -0.127. The Labute approximate surface area is 125 Å². The molecule has 2 amide bonds. The number of hydrogen-bond donors (Lipinski definition) is 0. The molecule has 1 saturated heterocycles. The summed E-state index contributed by atoms with van der Waals surface area (Å²) in [6.07, 6.45) is -0.732. The zero-order valence-corrected chi connectivity index (χ0v) is 13.0. The van der Waals surface area contributed by atoms with Crippen LogP contribution in [0.1, 0.15) is 26.3 Å². The van der Waals surface area contributed by atoms with E-state index >= 15 is 0 Å². The quantitative estimate of drug-likeness (QED) is 0.840. The van der Waals surface area contributed by atoms with Crippen LogP contribution in [0.4, 0.5) is 4.79 Å². The van der Waals surface area contributed by atoms with Crippen molar-refractivity contribution in [2.75, 3.05) is 13.6 Å². The maximum absolute atomic E-state index is 12.3. The average Bonchev–Trinajstić information content (AvgIpc) is 2.73. The van der Waals surface area contributed by atoms with Crippen LogP contribution in [0.25, 0.3) is 0 Å². The summed E-state index contributed by atoms with van der Waals surface area (Å²) in [6.45, 7) is 6.30. The van der Waals surface area contributed by atoms with Crippen molar-refractivity contribution in [1.82, 2.24) is 9.80 Å². The highest BCUT2D eigenvalue weighted by Crippen LogP contribution is 2.31. The van der Waals surface area contributed by atoms with Gasteiger partial charge < -0.3 is 9.64 Å². The number of rotatable bonds is 2. The van der Waals surface area contributed by atoms with E-state index in [4.69, 9.17) is 4.74 Å². The zero-order valence-electron chi connectivity index (χ0n) is 13.0. The Morgan fingerprint density at radius 3 is 2.48 bits per heavy atom. The van der Waals surface area contributed by atoms with Gasteiger partial charge in [0.25, 0.3) is 0 Å². The lowest BCUT2D eigenvalue weighted by Gasteiger charge is -2.37. The molecule has 1 heterocycles. The van der Waals surface area contributed by atoms with Gasteiger partial charge in [-0.2, -0.15) is 0 Å². The van der Waals surface area contributed by atoms with Crippen molar-refractivity contribution < 1.29 is 14.3 Å². The number of likely N-dealkylation sites (N-methyl/N-ethyl adjacent to an activating group) is 1. The highest BCUT2D eigenvalue weighted by Gasteiger charge is 2.45. The van der Waals surface area contributed by atoms with Crippen LogP contribution in [0.5, 0.6) is 0 Å². The molecule has 1 aromatic rings. The van der Waals surface area contributed by atoms with Gasteiger partial charge in [-0.3, -0.25) is 9.69 Å². The number of nitrogens with zero attached hydrogens (tertiary/aromatic N) is 2. The van der Waals surface area contributed by atoms with Crippen molar-refractivity contribution in [3.63, 3.8) is 0 Å². The van der Waals surface area contributed by atoms with Crippen molar-refractivity contribution in [3.05, 3.63) is 35.9 Å². The summed E-state index contributed by atoms with van der Waals surface area (Å²) >= 11 is 0. The topological polar surface area (TPSA) is 49.9 Å². The first-order valence-electron chi connectivity index (χ1n) is 7.03. The average molecular weight is 290 g/mol. The van der Waals surface area contributed by atoms with Crippen LogP contribution in [-0.2, 0) is 16.1 Å².